The third-order valence-electron chi connectivity index (χ3n) is 4.52. The fourth-order valence-electron chi connectivity index (χ4n) is 3.02. The molecule has 0 bridgehead atoms. The summed E-state index contributed by atoms with van der Waals surface area (Å²) < 4.78 is 5.25. The molecule has 1 aromatic heterocycles. The summed E-state index contributed by atoms with van der Waals surface area (Å²) in [7, 11) is 1.57. The molecular weight excluding hydrogens is 350 g/mol. The van der Waals surface area contributed by atoms with Gasteiger partial charge in [0.1, 0.15) is 5.75 Å². The lowest BCUT2D eigenvalue weighted by molar-refractivity contribution is -0.126. The van der Waals surface area contributed by atoms with Crippen LogP contribution >= 0.6 is 11.3 Å². The molecule has 138 valence electrons. The normalized spacial score (nSPS) is 14.7. The van der Waals surface area contributed by atoms with E-state index in [9.17, 15) is 9.59 Å². The minimum Gasteiger partial charge on any atom is -0.495 e. The van der Waals surface area contributed by atoms with Crippen LogP contribution in [0.5, 0.6) is 5.75 Å². The molecule has 0 aliphatic carbocycles. The number of ether oxygens (including phenoxy) is 1. The molecular formula is C19H23N3O3S. The zero-order valence-corrected chi connectivity index (χ0v) is 15.6. The Morgan fingerprint density at radius 1 is 1.19 bits per heavy atom. The first-order valence-electron chi connectivity index (χ1n) is 8.66. The summed E-state index contributed by atoms with van der Waals surface area (Å²) in [5.41, 5.74) is 0.649. The first-order chi connectivity index (χ1) is 12.7. The van der Waals surface area contributed by atoms with Crippen molar-refractivity contribution in [2.24, 2.45) is 5.92 Å². The van der Waals surface area contributed by atoms with Gasteiger partial charge in [0.2, 0.25) is 5.91 Å². The predicted molar refractivity (Wildman–Crippen MR) is 102 cm³/mol. The van der Waals surface area contributed by atoms with Crippen LogP contribution in [-0.2, 0) is 11.3 Å². The molecule has 1 saturated heterocycles. The van der Waals surface area contributed by atoms with Crippen LogP contribution in [0.15, 0.2) is 41.8 Å². The maximum Gasteiger partial charge on any atom is 0.321 e. The molecule has 0 spiro atoms. The highest BCUT2D eigenvalue weighted by Crippen LogP contribution is 2.24. The second-order valence-corrected chi connectivity index (χ2v) is 7.22. The van der Waals surface area contributed by atoms with Crippen LogP contribution in [0.3, 0.4) is 0 Å². The van der Waals surface area contributed by atoms with E-state index in [2.05, 4.69) is 10.6 Å². The Bertz CT molecular complexity index is 740. The first-order valence-corrected chi connectivity index (χ1v) is 9.54. The Balaban J connectivity index is 1.46. The van der Waals surface area contributed by atoms with E-state index in [4.69, 9.17) is 4.74 Å². The molecule has 0 saturated carbocycles. The third kappa shape index (κ3) is 4.54. The molecule has 2 aromatic rings. The van der Waals surface area contributed by atoms with E-state index >= 15 is 0 Å². The lowest BCUT2D eigenvalue weighted by atomic mass is 9.96. The standard InChI is InChI=1S/C19H23N3O3S/c1-25-17-7-3-2-6-16(17)21-19(24)22-10-8-14(9-11-22)18(23)20-13-15-5-4-12-26-15/h2-7,12,14H,8-11,13H2,1H3,(H,20,23)(H,21,24). The fraction of sp³-hybridized carbons (Fsp3) is 0.368. The summed E-state index contributed by atoms with van der Waals surface area (Å²) in [6.45, 7) is 1.71. The van der Waals surface area contributed by atoms with E-state index < -0.39 is 0 Å². The smallest absolute Gasteiger partial charge is 0.321 e. The van der Waals surface area contributed by atoms with Crippen LogP contribution in [-0.4, -0.2) is 37.0 Å². The lowest BCUT2D eigenvalue weighted by Gasteiger charge is -2.31. The van der Waals surface area contributed by atoms with Gasteiger partial charge < -0.3 is 20.3 Å². The largest absolute Gasteiger partial charge is 0.495 e. The van der Waals surface area contributed by atoms with Gasteiger partial charge in [-0.05, 0) is 36.4 Å². The minimum absolute atomic E-state index is 0.0368. The predicted octanol–water partition coefficient (Wildman–Crippen LogP) is 3.32. The van der Waals surface area contributed by atoms with E-state index in [1.807, 2.05) is 35.7 Å². The molecule has 0 atom stereocenters. The number of anilines is 1. The van der Waals surface area contributed by atoms with Crippen molar-refractivity contribution in [3.63, 3.8) is 0 Å². The number of methoxy groups -OCH3 is 1. The van der Waals surface area contributed by atoms with Gasteiger partial charge in [-0.3, -0.25) is 4.79 Å². The molecule has 6 nitrogen and oxygen atoms in total. The molecule has 1 aliphatic heterocycles. The van der Waals surface area contributed by atoms with Crippen LogP contribution in [0.25, 0.3) is 0 Å². The van der Waals surface area contributed by atoms with Gasteiger partial charge in [0.05, 0.1) is 19.3 Å². The van der Waals surface area contributed by atoms with Gasteiger partial charge in [-0.2, -0.15) is 0 Å². The van der Waals surface area contributed by atoms with Crippen molar-refractivity contribution < 1.29 is 14.3 Å². The lowest BCUT2D eigenvalue weighted by Crippen LogP contribution is -2.44. The number of amides is 3. The van der Waals surface area contributed by atoms with Crippen LogP contribution < -0.4 is 15.4 Å². The zero-order valence-electron chi connectivity index (χ0n) is 14.7. The van der Waals surface area contributed by atoms with Gasteiger partial charge in [0.25, 0.3) is 0 Å². The van der Waals surface area contributed by atoms with Crippen molar-refractivity contribution in [1.82, 2.24) is 10.2 Å². The molecule has 0 radical (unpaired) electrons. The Hall–Kier alpha value is -2.54. The van der Waals surface area contributed by atoms with Crippen LogP contribution in [0.2, 0.25) is 0 Å². The fourth-order valence-corrected chi connectivity index (χ4v) is 3.66. The highest BCUT2D eigenvalue weighted by Gasteiger charge is 2.27. The highest BCUT2D eigenvalue weighted by molar-refractivity contribution is 7.09. The summed E-state index contributed by atoms with van der Waals surface area (Å²) in [5.74, 6) is 0.664. The van der Waals surface area contributed by atoms with Crippen LogP contribution in [0.1, 0.15) is 17.7 Å². The van der Waals surface area contributed by atoms with Crippen molar-refractivity contribution in [2.75, 3.05) is 25.5 Å². The average molecular weight is 373 g/mol. The Kier molecular flexibility index (Phi) is 6.12. The van der Waals surface area contributed by atoms with E-state index in [1.165, 1.54) is 0 Å². The SMILES string of the molecule is COc1ccccc1NC(=O)N1CCC(C(=O)NCc2cccs2)CC1. The van der Waals surface area contributed by atoms with Crippen molar-refractivity contribution >= 4 is 29.0 Å². The number of benzene rings is 1. The summed E-state index contributed by atoms with van der Waals surface area (Å²) in [5, 5.41) is 7.87. The van der Waals surface area contributed by atoms with Crippen LogP contribution in [0, 0.1) is 5.92 Å². The van der Waals surface area contributed by atoms with Gasteiger partial charge in [-0.15, -0.1) is 11.3 Å². The zero-order chi connectivity index (χ0) is 18.4. The van der Waals surface area contributed by atoms with Gasteiger partial charge in [-0.1, -0.05) is 18.2 Å². The van der Waals surface area contributed by atoms with E-state index in [0.29, 0.717) is 43.9 Å². The number of hydrogen-bond acceptors (Lipinski definition) is 4. The number of likely N-dealkylation sites (tertiary alicyclic amines) is 1. The number of para-hydroxylation sites is 2. The quantitative estimate of drug-likeness (QED) is 0.845. The van der Waals surface area contributed by atoms with Crippen molar-refractivity contribution in [3.05, 3.63) is 46.7 Å². The molecule has 1 aromatic carbocycles. The molecule has 7 heteroatoms. The number of rotatable bonds is 5. The number of carbonyl (C=O) groups is 2. The number of urea groups is 1. The third-order valence-corrected chi connectivity index (χ3v) is 5.39. The molecule has 2 heterocycles. The monoisotopic (exact) mass is 373 g/mol. The molecule has 0 unspecified atom stereocenters. The maximum absolute atomic E-state index is 12.5. The number of piperidine rings is 1. The second kappa shape index (κ2) is 8.71. The molecule has 3 amide bonds. The highest BCUT2D eigenvalue weighted by atomic mass is 32.1. The number of carbonyl (C=O) groups excluding carboxylic acids is 2. The summed E-state index contributed by atoms with van der Waals surface area (Å²) in [4.78, 5) is 27.6. The molecule has 1 aliphatic rings. The Morgan fingerprint density at radius 2 is 1.96 bits per heavy atom. The van der Waals surface area contributed by atoms with Crippen LogP contribution in [0.4, 0.5) is 10.5 Å². The Morgan fingerprint density at radius 3 is 2.65 bits per heavy atom. The van der Waals surface area contributed by atoms with E-state index in [1.54, 1.807) is 29.4 Å². The minimum atomic E-state index is -0.160. The van der Waals surface area contributed by atoms with Gasteiger partial charge in [-0.25, -0.2) is 4.79 Å². The second-order valence-electron chi connectivity index (χ2n) is 6.19. The van der Waals surface area contributed by atoms with Gasteiger partial charge in [0, 0.05) is 23.9 Å². The van der Waals surface area contributed by atoms with Gasteiger partial charge in [0.15, 0.2) is 0 Å². The molecule has 26 heavy (non-hydrogen) atoms. The first kappa shape index (κ1) is 18.3. The summed E-state index contributed by atoms with van der Waals surface area (Å²) in [6.07, 6.45) is 1.35. The Labute approximate surface area is 157 Å². The van der Waals surface area contributed by atoms with Crippen molar-refractivity contribution in [2.45, 2.75) is 19.4 Å². The summed E-state index contributed by atoms with van der Waals surface area (Å²) in [6, 6.07) is 11.1. The van der Waals surface area contributed by atoms with Gasteiger partial charge >= 0.3 is 6.03 Å². The molecule has 3 rings (SSSR count). The number of nitrogens with one attached hydrogen (secondary N) is 2. The maximum atomic E-state index is 12.5. The topological polar surface area (TPSA) is 70.7 Å². The van der Waals surface area contributed by atoms with E-state index in [0.717, 1.165) is 4.88 Å². The average Bonchev–Trinajstić information content (AvgIpc) is 3.20. The number of nitrogens with zero attached hydrogens (tertiary/aromatic N) is 1. The molecule has 2 N–H and O–H groups in total. The number of hydrogen-bond donors (Lipinski definition) is 2. The summed E-state index contributed by atoms with van der Waals surface area (Å²) >= 11 is 1.63. The molecule has 1 fully saturated rings. The number of thiophene rings is 1. The van der Waals surface area contributed by atoms with E-state index in [-0.39, 0.29) is 17.9 Å². The van der Waals surface area contributed by atoms with Crippen molar-refractivity contribution in [3.8, 4) is 5.75 Å². The van der Waals surface area contributed by atoms with Crippen molar-refractivity contribution in [1.29, 1.82) is 0 Å².